The Bertz CT molecular complexity index is 901. The predicted molar refractivity (Wildman–Crippen MR) is 96.3 cm³/mol. The normalized spacial score (nSPS) is 12.3. The number of hydrogen-bond acceptors (Lipinski definition) is 4. The monoisotopic (exact) mass is 337 g/mol. The van der Waals surface area contributed by atoms with Crippen LogP contribution < -0.4 is 5.32 Å². The Kier molecular flexibility index (Phi) is 4.79. The molecular weight excluding hydrogens is 314 g/mol. The van der Waals surface area contributed by atoms with E-state index in [4.69, 9.17) is 0 Å². The van der Waals surface area contributed by atoms with Crippen molar-refractivity contribution in [3.63, 3.8) is 0 Å². The molecule has 3 aromatic heterocycles. The first-order valence-corrected chi connectivity index (χ1v) is 8.47. The maximum absolute atomic E-state index is 12.3. The minimum absolute atomic E-state index is 0.0276. The van der Waals surface area contributed by atoms with Crippen molar-refractivity contribution >= 4 is 11.6 Å². The number of carbonyl (C=O) groups excluding carboxylic acids is 1. The molecule has 0 fully saturated rings. The Balaban J connectivity index is 1.69. The molecule has 0 saturated carbocycles. The summed E-state index contributed by atoms with van der Waals surface area (Å²) in [6.07, 6.45) is 4.54. The fourth-order valence-electron chi connectivity index (χ4n) is 3.09. The average Bonchev–Trinajstić information content (AvgIpc) is 2.96. The van der Waals surface area contributed by atoms with Gasteiger partial charge in [0.2, 0.25) is 5.91 Å². The highest BCUT2D eigenvalue weighted by Gasteiger charge is 2.14. The first-order valence-electron chi connectivity index (χ1n) is 8.47. The SMILES string of the molecule is Cc1cc2nc(C)c(CCC(=O)N[C@@H](C)c3ccncc3)c(C)n2n1. The maximum Gasteiger partial charge on any atom is 0.220 e. The van der Waals surface area contributed by atoms with Crippen LogP contribution in [-0.2, 0) is 11.2 Å². The molecular formula is C19H23N5O. The third-order valence-electron chi connectivity index (χ3n) is 4.47. The highest BCUT2D eigenvalue weighted by atomic mass is 16.1. The molecule has 0 aliphatic carbocycles. The summed E-state index contributed by atoms with van der Waals surface area (Å²) in [4.78, 5) is 20.9. The van der Waals surface area contributed by atoms with Gasteiger partial charge in [0.1, 0.15) is 0 Å². The molecule has 0 saturated heterocycles. The number of nitrogens with zero attached hydrogens (tertiary/aromatic N) is 4. The zero-order valence-corrected chi connectivity index (χ0v) is 15.1. The van der Waals surface area contributed by atoms with E-state index in [2.05, 4.69) is 20.4 Å². The number of hydrogen-bond donors (Lipinski definition) is 1. The van der Waals surface area contributed by atoms with E-state index in [0.29, 0.717) is 12.8 Å². The number of fused-ring (bicyclic) bond motifs is 1. The van der Waals surface area contributed by atoms with Crippen LogP contribution in [0.25, 0.3) is 5.65 Å². The lowest BCUT2D eigenvalue weighted by Crippen LogP contribution is -2.27. The summed E-state index contributed by atoms with van der Waals surface area (Å²) in [7, 11) is 0. The zero-order valence-electron chi connectivity index (χ0n) is 15.1. The molecule has 6 nitrogen and oxygen atoms in total. The minimum Gasteiger partial charge on any atom is -0.350 e. The standard InChI is InChI=1S/C19H23N5O/c1-12-11-18-21-14(3)17(15(4)24(18)23-12)5-6-19(25)22-13(2)16-7-9-20-10-8-16/h7-11,13H,5-6H2,1-4H3,(H,22,25)/t13-/m0/s1. The number of carbonyl (C=O) groups is 1. The fourth-order valence-corrected chi connectivity index (χ4v) is 3.09. The topological polar surface area (TPSA) is 72.2 Å². The lowest BCUT2D eigenvalue weighted by molar-refractivity contribution is -0.121. The number of aromatic nitrogens is 4. The predicted octanol–water partition coefficient (Wildman–Crippen LogP) is 2.86. The second-order valence-electron chi connectivity index (χ2n) is 6.39. The first-order chi connectivity index (χ1) is 12.0. The van der Waals surface area contributed by atoms with E-state index >= 15 is 0 Å². The Hall–Kier alpha value is -2.76. The van der Waals surface area contributed by atoms with Gasteiger partial charge in [-0.05, 0) is 57.4 Å². The van der Waals surface area contributed by atoms with E-state index in [0.717, 1.165) is 33.9 Å². The van der Waals surface area contributed by atoms with Crippen molar-refractivity contribution in [2.45, 2.75) is 46.6 Å². The molecule has 0 aliphatic rings. The Morgan fingerprint density at radius 2 is 1.96 bits per heavy atom. The van der Waals surface area contributed by atoms with Crippen LogP contribution in [0.15, 0.2) is 30.6 Å². The molecule has 0 bridgehead atoms. The number of amides is 1. The number of pyridine rings is 1. The highest BCUT2D eigenvalue weighted by Crippen LogP contribution is 2.17. The molecule has 25 heavy (non-hydrogen) atoms. The molecule has 1 atom stereocenters. The number of nitrogens with one attached hydrogen (secondary N) is 1. The lowest BCUT2D eigenvalue weighted by Gasteiger charge is -2.15. The van der Waals surface area contributed by atoms with Crippen LogP contribution in [-0.4, -0.2) is 25.5 Å². The summed E-state index contributed by atoms with van der Waals surface area (Å²) in [6.45, 7) is 7.95. The quantitative estimate of drug-likeness (QED) is 0.777. The van der Waals surface area contributed by atoms with Gasteiger partial charge in [0, 0.05) is 36.3 Å². The van der Waals surface area contributed by atoms with Crippen molar-refractivity contribution in [1.29, 1.82) is 0 Å². The molecule has 3 aromatic rings. The maximum atomic E-state index is 12.3. The van der Waals surface area contributed by atoms with Gasteiger partial charge in [-0.25, -0.2) is 9.50 Å². The van der Waals surface area contributed by atoms with Crippen LogP contribution in [0.5, 0.6) is 0 Å². The Morgan fingerprint density at radius 1 is 1.24 bits per heavy atom. The number of rotatable bonds is 5. The highest BCUT2D eigenvalue weighted by molar-refractivity contribution is 5.76. The fraction of sp³-hybridized carbons (Fsp3) is 0.368. The van der Waals surface area contributed by atoms with E-state index in [1.165, 1.54) is 0 Å². The molecule has 3 heterocycles. The average molecular weight is 337 g/mol. The van der Waals surface area contributed by atoms with Gasteiger partial charge in [-0.1, -0.05) is 0 Å². The lowest BCUT2D eigenvalue weighted by atomic mass is 10.1. The zero-order chi connectivity index (χ0) is 18.0. The second kappa shape index (κ2) is 7.01. The van der Waals surface area contributed by atoms with Gasteiger partial charge in [0.25, 0.3) is 0 Å². The van der Waals surface area contributed by atoms with E-state index in [1.54, 1.807) is 12.4 Å². The van der Waals surface area contributed by atoms with E-state index in [-0.39, 0.29) is 11.9 Å². The molecule has 0 unspecified atom stereocenters. The van der Waals surface area contributed by atoms with Crippen LogP contribution >= 0.6 is 0 Å². The third-order valence-corrected chi connectivity index (χ3v) is 4.47. The van der Waals surface area contributed by atoms with Crippen molar-refractivity contribution in [2.24, 2.45) is 0 Å². The summed E-state index contributed by atoms with van der Waals surface area (Å²) >= 11 is 0. The molecule has 3 rings (SSSR count). The molecule has 1 amide bonds. The Labute approximate surface area is 147 Å². The largest absolute Gasteiger partial charge is 0.350 e. The summed E-state index contributed by atoms with van der Waals surface area (Å²) in [6, 6.07) is 5.76. The van der Waals surface area contributed by atoms with Crippen molar-refractivity contribution < 1.29 is 4.79 Å². The molecule has 0 radical (unpaired) electrons. The van der Waals surface area contributed by atoms with Gasteiger partial charge in [-0.15, -0.1) is 0 Å². The molecule has 0 spiro atoms. The van der Waals surface area contributed by atoms with Crippen LogP contribution in [0.3, 0.4) is 0 Å². The molecule has 0 aromatic carbocycles. The summed E-state index contributed by atoms with van der Waals surface area (Å²) in [5, 5.41) is 7.51. The van der Waals surface area contributed by atoms with Gasteiger partial charge in [-0.2, -0.15) is 5.10 Å². The summed E-state index contributed by atoms with van der Waals surface area (Å²) < 4.78 is 1.86. The third kappa shape index (κ3) is 3.68. The first kappa shape index (κ1) is 17.1. The van der Waals surface area contributed by atoms with Crippen molar-refractivity contribution in [2.75, 3.05) is 0 Å². The van der Waals surface area contributed by atoms with E-state index in [1.807, 2.05) is 50.4 Å². The van der Waals surface area contributed by atoms with Crippen LogP contribution in [0, 0.1) is 20.8 Å². The summed E-state index contributed by atoms with van der Waals surface area (Å²) in [5.74, 6) is 0.0276. The van der Waals surface area contributed by atoms with Crippen LogP contribution in [0.2, 0.25) is 0 Å². The minimum atomic E-state index is -0.0351. The smallest absolute Gasteiger partial charge is 0.220 e. The number of aryl methyl sites for hydroxylation is 3. The van der Waals surface area contributed by atoms with Gasteiger partial charge in [-0.3, -0.25) is 9.78 Å². The van der Waals surface area contributed by atoms with E-state index in [9.17, 15) is 4.79 Å². The van der Waals surface area contributed by atoms with E-state index < -0.39 is 0 Å². The Morgan fingerprint density at radius 3 is 2.68 bits per heavy atom. The molecule has 6 heteroatoms. The molecule has 0 aliphatic heterocycles. The van der Waals surface area contributed by atoms with Gasteiger partial charge >= 0.3 is 0 Å². The molecule has 130 valence electrons. The van der Waals surface area contributed by atoms with Crippen molar-refractivity contribution in [1.82, 2.24) is 24.9 Å². The van der Waals surface area contributed by atoms with Crippen LogP contribution in [0.4, 0.5) is 0 Å². The van der Waals surface area contributed by atoms with Gasteiger partial charge < -0.3 is 5.32 Å². The van der Waals surface area contributed by atoms with Gasteiger partial charge in [0.05, 0.1) is 11.7 Å². The van der Waals surface area contributed by atoms with Gasteiger partial charge in [0.15, 0.2) is 5.65 Å². The van der Waals surface area contributed by atoms with Crippen LogP contribution in [0.1, 0.15) is 47.6 Å². The summed E-state index contributed by atoms with van der Waals surface area (Å²) in [5.41, 5.74) is 5.93. The van der Waals surface area contributed by atoms with Crippen molar-refractivity contribution in [3.8, 4) is 0 Å². The second-order valence-corrected chi connectivity index (χ2v) is 6.39. The van der Waals surface area contributed by atoms with Crippen molar-refractivity contribution in [3.05, 3.63) is 58.8 Å². The molecule has 1 N–H and O–H groups in total.